The van der Waals surface area contributed by atoms with Crippen LogP contribution in [0.1, 0.15) is 18.4 Å². The Labute approximate surface area is 119 Å². The Bertz CT molecular complexity index is 596. The lowest BCUT2D eigenvalue weighted by atomic mass is 9.90. The van der Waals surface area contributed by atoms with Crippen molar-refractivity contribution in [1.82, 2.24) is 9.88 Å². The summed E-state index contributed by atoms with van der Waals surface area (Å²) in [6.45, 7) is 2.67. The molecular weight excluding hydrogens is 250 g/mol. The van der Waals surface area contributed by atoms with Gasteiger partial charge in [-0.25, -0.2) is 0 Å². The van der Waals surface area contributed by atoms with Crippen LogP contribution in [0, 0.1) is 0 Å². The molecule has 1 aliphatic rings. The lowest BCUT2D eigenvalue weighted by Gasteiger charge is -2.39. The summed E-state index contributed by atoms with van der Waals surface area (Å²) in [5, 5.41) is 11.9. The van der Waals surface area contributed by atoms with E-state index < -0.39 is 5.54 Å². The van der Waals surface area contributed by atoms with Gasteiger partial charge in [-0.2, -0.15) is 0 Å². The highest BCUT2D eigenvalue weighted by molar-refractivity contribution is 5.84. The first-order valence-electron chi connectivity index (χ1n) is 7.14. The zero-order valence-electron chi connectivity index (χ0n) is 11.6. The van der Waals surface area contributed by atoms with E-state index in [1.807, 2.05) is 18.5 Å². The number of pyridine rings is 1. The molecule has 1 aliphatic heterocycles. The maximum atomic E-state index is 9.44. The monoisotopic (exact) mass is 271 g/mol. The lowest BCUT2D eigenvalue weighted by Crippen LogP contribution is -2.56. The van der Waals surface area contributed by atoms with Crippen molar-refractivity contribution in [3.63, 3.8) is 0 Å². The number of rotatable bonds is 3. The summed E-state index contributed by atoms with van der Waals surface area (Å²) in [6, 6.07) is 8.31. The summed E-state index contributed by atoms with van der Waals surface area (Å²) < 4.78 is 0. The van der Waals surface area contributed by atoms with Gasteiger partial charge in [0.15, 0.2) is 0 Å². The van der Waals surface area contributed by atoms with Crippen LogP contribution in [-0.4, -0.2) is 40.2 Å². The number of aliphatic hydroxyl groups is 1. The number of aromatic nitrogens is 1. The van der Waals surface area contributed by atoms with Gasteiger partial charge in [0.1, 0.15) is 0 Å². The zero-order chi connectivity index (χ0) is 14.0. The molecule has 0 bridgehead atoms. The molecule has 0 saturated carbocycles. The summed E-state index contributed by atoms with van der Waals surface area (Å²) in [7, 11) is 0. The summed E-state index contributed by atoms with van der Waals surface area (Å²) in [4.78, 5) is 6.65. The van der Waals surface area contributed by atoms with E-state index in [1.165, 1.54) is 16.3 Å². The normalized spacial score (nSPS) is 24.1. The minimum absolute atomic E-state index is 0.0529. The number of aliphatic hydroxyl groups excluding tert-OH is 1. The van der Waals surface area contributed by atoms with Gasteiger partial charge < -0.3 is 10.8 Å². The third-order valence-corrected chi connectivity index (χ3v) is 4.15. The molecule has 0 radical (unpaired) electrons. The van der Waals surface area contributed by atoms with Gasteiger partial charge in [-0.1, -0.05) is 24.3 Å². The number of nitrogens with two attached hydrogens (primary N) is 1. The molecule has 106 valence electrons. The quantitative estimate of drug-likeness (QED) is 0.888. The third kappa shape index (κ3) is 2.68. The Kier molecular flexibility index (Phi) is 3.70. The second-order valence-corrected chi connectivity index (χ2v) is 5.85. The minimum atomic E-state index is -0.448. The predicted octanol–water partition coefficient (Wildman–Crippen LogP) is 1.52. The van der Waals surface area contributed by atoms with Crippen LogP contribution in [0.25, 0.3) is 10.8 Å². The van der Waals surface area contributed by atoms with Crippen LogP contribution in [-0.2, 0) is 6.54 Å². The van der Waals surface area contributed by atoms with Gasteiger partial charge in [-0.15, -0.1) is 0 Å². The smallest absolute Gasteiger partial charge is 0.0623 e. The molecule has 4 nitrogen and oxygen atoms in total. The number of hydrogen-bond acceptors (Lipinski definition) is 4. The Balaban J connectivity index is 1.83. The highest BCUT2D eigenvalue weighted by Crippen LogP contribution is 2.23. The maximum Gasteiger partial charge on any atom is 0.0623 e. The summed E-state index contributed by atoms with van der Waals surface area (Å²) in [5.41, 5.74) is 6.99. The van der Waals surface area contributed by atoms with Gasteiger partial charge in [0.25, 0.3) is 0 Å². The molecule has 0 aliphatic carbocycles. The molecule has 0 spiro atoms. The van der Waals surface area contributed by atoms with Crippen molar-refractivity contribution in [2.45, 2.75) is 24.9 Å². The van der Waals surface area contributed by atoms with Crippen molar-refractivity contribution in [2.75, 3.05) is 19.7 Å². The fourth-order valence-electron chi connectivity index (χ4n) is 3.07. The second kappa shape index (κ2) is 5.48. The van der Waals surface area contributed by atoms with Gasteiger partial charge in [0, 0.05) is 30.9 Å². The molecule has 4 heteroatoms. The molecule has 1 aromatic heterocycles. The van der Waals surface area contributed by atoms with Gasteiger partial charge in [-0.05, 0) is 30.3 Å². The SMILES string of the molecule is NC1(CO)CCCN(Cc2cncc3ccccc23)C1. The average molecular weight is 271 g/mol. The molecule has 1 aromatic carbocycles. The highest BCUT2D eigenvalue weighted by Gasteiger charge is 2.30. The first-order chi connectivity index (χ1) is 9.70. The summed E-state index contributed by atoms with van der Waals surface area (Å²) in [5.74, 6) is 0. The maximum absolute atomic E-state index is 9.44. The standard InChI is InChI=1S/C16H21N3O/c17-16(12-20)6-3-7-19(11-16)10-14-9-18-8-13-4-1-2-5-15(13)14/h1-2,4-5,8-9,20H,3,6-7,10-12,17H2. The fourth-order valence-corrected chi connectivity index (χ4v) is 3.07. The number of piperidine rings is 1. The Hall–Kier alpha value is -1.49. The molecule has 1 saturated heterocycles. The van der Waals surface area contributed by atoms with Crippen LogP contribution in [0.5, 0.6) is 0 Å². The largest absolute Gasteiger partial charge is 0.394 e. The van der Waals surface area contributed by atoms with Gasteiger partial charge in [0.2, 0.25) is 0 Å². The van der Waals surface area contributed by atoms with Gasteiger partial charge >= 0.3 is 0 Å². The van der Waals surface area contributed by atoms with E-state index in [2.05, 4.69) is 28.1 Å². The Morgan fingerprint density at radius 3 is 3.00 bits per heavy atom. The fraction of sp³-hybridized carbons (Fsp3) is 0.438. The topological polar surface area (TPSA) is 62.4 Å². The molecule has 1 atom stereocenters. The van der Waals surface area contributed by atoms with E-state index in [9.17, 15) is 5.11 Å². The van der Waals surface area contributed by atoms with E-state index in [1.54, 1.807) is 0 Å². The van der Waals surface area contributed by atoms with Crippen molar-refractivity contribution < 1.29 is 5.11 Å². The van der Waals surface area contributed by atoms with E-state index in [0.717, 1.165) is 32.5 Å². The van der Waals surface area contributed by atoms with Gasteiger partial charge in [-0.3, -0.25) is 9.88 Å². The molecule has 3 rings (SSSR count). The van der Waals surface area contributed by atoms with E-state index in [4.69, 9.17) is 5.73 Å². The molecule has 20 heavy (non-hydrogen) atoms. The van der Waals surface area contributed by atoms with E-state index in [0.29, 0.717) is 0 Å². The third-order valence-electron chi connectivity index (χ3n) is 4.15. The molecular formula is C16H21N3O. The lowest BCUT2D eigenvalue weighted by molar-refractivity contribution is 0.0903. The number of benzene rings is 1. The molecule has 1 unspecified atom stereocenters. The number of hydrogen-bond donors (Lipinski definition) is 2. The summed E-state index contributed by atoms with van der Waals surface area (Å²) in [6.07, 6.45) is 5.77. The van der Waals surface area contributed by atoms with Crippen LogP contribution in [0.4, 0.5) is 0 Å². The van der Waals surface area contributed by atoms with Crippen molar-refractivity contribution in [2.24, 2.45) is 5.73 Å². The molecule has 3 N–H and O–H groups in total. The Morgan fingerprint density at radius 2 is 2.15 bits per heavy atom. The van der Waals surface area contributed by atoms with Gasteiger partial charge in [0.05, 0.1) is 12.1 Å². The van der Waals surface area contributed by atoms with Crippen molar-refractivity contribution in [3.8, 4) is 0 Å². The number of fused-ring (bicyclic) bond motifs is 1. The average Bonchev–Trinajstić information content (AvgIpc) is 2.48. The molecule has 2 heterocycles. The van der Waals surface area contributed by atoms with Crippen LogP contribution >= 0.6 is 0 Å². The summed E-state index contributed by atoms with van der Waals surface area (Å²) >= 11 is 0. The first-order valence-corrected chi connectivity index (χ1v) is 7.14. The van der Waals surface area contributed by atoms with Crippen molar-refractivity contribution >= 4 is 10.8 Å². The number of nitrogens with zero attached hydrogens (tertiary/aromatic N) is 2. The highest BCUT2D eigenvalue weighted by atomic mass is 16.3. The number of likely N-dealkylation sites (tertiary alicyclic amines) is 1. The zero-order valence-corrected chi connectivity index (χ0v) is 11.6. The van der Waals surface area contributed by atoms with Crippen molar-refractivity contribution in [3.05, 3.63) is 42.2 Å². The Morgan fingerprint density at radius 1 is 1.30 bits per heavy atom. The van der Waals surface area contributed by atoms with E-state index >= 15 is 0 Å². The molecule has 1 fully saturated rings. The second-order valence-electron chi connectivity index (χ2n) is 5.85. The first kappa shape index (κ1) is 13.5. The van der Waals surface area contributed by atoms with Crippen molar-refractivity contribution in [1.29, 1.82) is 0 Å². The van der Waals surface area contributed by atoms with Crippen LogP contribution < -0.4 is 5.73 Å². The van der Waals surface area contributed by atoms with Crippen LogP contribution in [0.15, 0.2) is 36.7 Å². The molecule has 2 aromatic rings. The van der Waals surface area contributed by atoms with Crippen LogP contribution in [0.3, 0.4) is 0 Å². The minimum Gasteiger partial charge on any atom is -0.394 e. The van der Waals surface area contributed by atoms with E-state index in [-0.39, 0.29) is 6.61 Å². The molecule has 0 amide bonds. The predicted molar refractivity (Wildman–Crippen MR) is 80.3 cm³/mol. The van der Waals surface area contributed by atoms with Crippen LogP contribution in [0.2, 0.25) is 0 Å².